The number of piperidine rings is 2. The van der Waals surface area contributed by atoms with Crippen LogP contribution in [-0.2, 0) is 21.4 Å². The second kappa shape index (κ2) is 16.2. The summed E-state index contributed by atoms with van der Waals surface area (Å²) in [5.74, 6) is -0.0845. The number of hydrogen-bond donors (Lipinski definition) is 3. The number of halogens is 1. The molecule has 1 aromatic carbocycles. The lowest BCUT2D eigenvalue weighted by molar-refractivity contribution is -0.134. The number of rotatable bonds is 10. The van der Waals surface area contributed by atoms with Gasteiger partial charge in [-0.3, -0.25) is 38.6 Å². The van der Waals surface area contributed by atoms with Gasteiger partial charge in [0.25, 0.3) is 11.5 Å². The van der Waals surface area contributed by atoms with Crippen molar-refractivity contribution in [2.45, 2.75) is 70.4 Å². The van der Waals surface area contributed by atoms with Crippen molar-refractivity contribution in [1.29, 1.82) is 0 Å². The standard InChI is InChI=1S/C43H51ClN12O5/c1-25(2)56-39-26(18-34(41(56)60)61-24-36(58)45-3)17-27(22-46-39)48-38-32(44)23-47-42(50-38)55-11-9-43(10-12-55)20-29(21-43)54-15-13-53(14-16-54)28-5-6-30-33(19-28)52(4)51-37(30)31-7-8-35(57)49-40(31)59/h5-6,17-19,22-23,25,29,31H,7-16,20-21,24H2,1-4H3,(H,45,58)(H,47,48,50)(H,49,57,59). The Balaban J connectivity index is 0.795. The number of pyridine rings is 2. The Kier molecular flexibility index (Phi) is 10.8. The Morgan fingerprint density at radius 1 is 1.00 bits per heavy atom. The average Bonchev–Trinajstić information content (AvgIpc) is 3.57. The number of carbonyl (C=O) groups is 3. The molecule has 0 radical (unpaired) electrons. The van der Waals surface area contributed by atoms with Crippen LogP contribution in [0.5, 0.6) is 5.75 Å². The Morgan fingerprint density at radius 2 is 1.77 bits per heavy atom. The predicted octanol–water partition coefficient (Wildman–Crippen LogP) is 4.27. The van der Waals surface area contributed by atoms with Gasteiger partial charge in [-0.2, -0.15) is 10.1 Å². The van der Waals surface area contributed by atoms with E-state index in [9.17, 15) is 19.2 Å². The molecule has 3 amide bonds. The van der Waals surface area contributed by atoms with Crippen molar-refractivity contribution >= 4 is 74.4 Å². The number of fused-ring (bicyclic) bond motifs is 2. The molecular weight excluding hydrogens is 800 g/mol. The zero-order valence-corrected chi connectivity index (χ0v) is 35.7. The van der Waals surface area contributed by atoms with Crippen LogP contribution in [0.2, 0.25) is 5.02 Å². The molecule has 17 nitrogen and oxygen atoms in total. The number of carbonyl (C=O) groups excluding carboxylic acids is 3. The fourth-order valence-corrected chi connectivity index (χ4v) is 9.75. The van der Waals surface area contributed by atoms with Crippen molar-refractivity contribution in [1.82, 2.24) is 44.8 Å². The number of anilines is 4. The summed E-state index contributed by atoms with van der Waals surface area (Å²) in [5.41, 5.74) is 4.01. The molecule has 4 aromatic heterocycles. The molecule has 9 rings (SSSR count). The Morgan fingerprint density at radius 3 is 2.49 bits per heavy atom. The molecule has 0 bridgehead atoms. The Labute approximate surface area is 357 Å². The fourth-order valence-electron chi connectivity index (χ4n) is 9.62. The van der Waals surface area contributed by atoms with Crippen LogP contribution in [0.25, 0.3) is 21.9 Å². The van der Waals surface area contributed by atoms with Crippen LogP contribution in [0.4, 0.5) is 23.1 Å². The van der Waals surface area contributed by atoms with E-state index in [-0.39, 0.29) is 41.7 Å². The van der Waals surface area contributed by atoms with Gasteiger partial charge in [0.1, 0.15) is 10.7 Å². The summed E-state index contributed by atoms with van der Waals surface area (Å²) in [4.78, 5) is 70.8. The van der Waals surface area contributed by atoms with Gasteiger partial charge in [-0.25, -0.2) is 9.97 Å². The van der Waals surface area contributed by atoms with Crippen molar-refractivity contribution in [3.05, 3.63) is 63.8 Å². The summed E-state index contributed by atoms with van der Waals surface area (Å²) in [6, 6.07) is 10.3. The molecule has 3 N–H and O–H groups in total. The first kappa shape index (κ1) is 40.6. The number of piperazine rings is 1. The summed E-state index contributed by atoms with van der Waals surface area (Å²) < 4.78 is 9.01. The normalized spacial score (nSPS) is 19.7. The number of benzene rings is 1. The van der Waals surface area contributed by atoms with Gasteiger partial charge in [0.15, 0.2) is 18.2 Å². The number of aromatic nitrogens is 6. The van der Waals surface area contributed by atoms with Crippen LogP contribution in [0.3, 0.4) is 0 Å². The molecule has 1 aliphatic carbocycles. The van der Waals surface area contributed by atoms with E-state index in [4.69, 9.17) is 26.4 Å². The number of hydrogen-bond acceptors (Lipinski definition) is 13. The van der Waals surface area contributed by atoms with Crippen molar-refractivity contribution in [2.24, 2.45) is 12.5 Å². The lowest BCUT2D eigenvalue weighted by Crippen LogP contribution is -2.59. The quantitative estimate of drug-likeness (QED) is 0.170. The Hall–Kier alpha value is -5.81. The van der Waals surface area contributed by atoms with Crippen molar-refractivity contribution in [2.75, 3.05) is 68.0 Å². The summed E-state index contributed by atoms with van der Waals surface area (Å²) in [6.45, 7) is 9.18. The Bertz CT molecular complexity index is 2590. The lowest BCUT2D eigenvalue weighted by Gasteiger charge is -2.56. The topological polar surface area (TPSA) is 185 Å². The number of nitrogens with one attached hydrogen (secondary N) is 3. The van der Waals surface area contributed by atoms with E-state index < -0.39 is 5.92 Å². The number of nitrogens with zero attached hydrogens (tertiary/aromatic N) is 9. The van der Waals surface area contributed by atoms with Gasteiger partial charge in [-0.15, -0.1) is 0 Å². The third-order valence-electron chi connectivity index (χ3n) is 13.1. The zero-order chi connectivity index (χ0) is 42.6. The third kappa shape index (κ3) is 7.84. The molecule has 5 aromatic rings. The van der Waals surface area contributed by atoms with Gasteiger partial charge in [0.05, 0.1) is 35.2 Å². The second-order valence-corrected chi connectivity index (χ2v) is 17.6. The van der Waals surface area contributed by atoms with Crippen LogP contribution in [-0.4, -0.2) is 111 Å². The van der Waals surface area contributed by atoms with E-state index in [1.807, 2.05) is 31.6 Å². The molecule has 4 aliphatic rings. The minimum absolute atomic E-state index is 0.0649. The van der Waals surface area contributed by atoms with Crippen LogP contribution in [0, 0.1) is 5.41 Å². The van der Waals surface area contributed by atoms with Crippen molar-refractivity contribution < 1.29 is 19.1 Å². The third-order valence-corrected chi connectivity index (χ3v) is 13.3. The van der Waals surface area contributed by atoms with E-state index >= 15 is 0 Å². The van der Waals surface area contributed by atoms with E-state index in [0.29, 0.717) is 57.8 Å². The average molecular weight is 851 g/mol. The van der Waals surface area contributed by atoms with Gasteiger partial charge in [-0.05, 0) is 81.7 Å². The molecule has 1 saturated carbocycles. The summed E-state index contributed by atoms with van der Waals surface area (Å²) in [7, 11) is 3.43. The van der Waals surface area contributed by atoms with Gasteiger partial charge >= 0.3 is 0 Å². The van der Waals surface area contributed by atoms with E-state index in [0.717, 1.165) is 74.4 Å². The fraction of sp³-hybridized carbons (Fsp3) is 0.488. The summed E-state index contributed by atoms with van der Waals surface area (Å²) >= 11 is 6.61. The summed E-state index contributed by atoms with van der Waals surface area (Å²) in [6.07, 6.45) is 8.66. The maximum atomic E-state index is 13.2. The highest BCUT2D eigenvalue weighted by molar-refractivity contribution is 6.33. The first-order valence-electron chi connectivity index (χ1n) is 21.1. The maximum Gasteiger partial charge on any atom is 0.294 e. The minimum atomic E-state index is -0.411. The van der Waals surface area contributed by atoms with Crippen LogP contribution in [0.15, 0.2) is 47.5 Å². The van der Waals surface area contributed by atoms with Crippen LogP contribution in [0.1, 0.15) is 70.0 Å². The van der Waals surface area contributed by atoms with Gasteiger partial charge in [-0.1, -0.05) is 11.6 Å². The molecule has 18 heteroatoms. The number of likely N-dealkylation sites (N-methyl/N-ethyl adjacent to an activating group) is 1. The molecule has 1 unspecified atom stereocenters. The molecule has 4 fully saturated rings. The van der Waals surface area contributed by atoms with Crippen LogP contribution >= 0.6 is 11.6 Å². The first-order valence-corrected chi connectivity index (χ1v) is 21.5. The number of amides is 3. The predicted molar refractivity (Wildman–Crippen MR) is 233 cm³/mol. The number of ether oxygens (including phenoxy) is 1. The lowest BCUT2D eigenvalue weighted by atomic mass is 9.60. The highest BCUT2D eigenvalue weighted by Crippen LogP contribution is 2.51. The second-order valence-electron chi connectivity index (χ2n) is 17.2. The SMILES string of the molecule is CNC(=O)COc1cc2cc(Nc3nc(N4CCC5(CC4)CC(N4CCN(c6ccc7c(C8CCC(=O)NC8=O)nn(C)c7c6)CC4)C5)ncc3Cl)cnc2n(C(C)C)c1=O. The van der Waals surface area contributed by atoms with Crippen LogP contribution < -0.4 is 36.0 Å². The van der Waals surface area contributed by atoms with E-state index in [1.54, 1.807) is 23.0 Å². The maximum absolute atomic E-state index is 13.2. The summed E-state index contributed by atoms with van der Waals surface area (Å²) in [5, 5.41) is 15.0. The van der Waals surface area contributed by atoms with E-state index in [1.165, 1.54) is 19.9 Å². The molecule has 7 heterocycles. The molecule has 1 atom stereocenters. The highest BCUT2D eigenvalue weighted by Gasteiger charge is 2.48. The van der Waals surface area contributed by atoms with E-state index in [2.05, 4.69) is 58.8 Å². The molecule has 3 aliphatic heterocycles. The number of imide groups is 1. The van der Waals surface area contributed by atoms with Crippen molar-refractivity contribution in [3.8, 4) is 5.75 Å². The van der Waals surface area contributed by atoms with Gasteiger partial charge in [0.2, 0.25) is 17.8 Å². The zero-order valence-electron chi connectivity index (χ0n) is 34.9. The molecule has 320 valence electrons. The monoisotopic (exact) mass is 850 g/mol. The molecule has 3 saturated heterocycles. The highest BCUT2D eigenvalue weighted by atomic mass is 35.5. The van der Waals surface area contributed by atoms with Gasteiger partial charge < -0.3 is 25.2 Å². The minimum Gasteiger partial charge on any atom is -0.478 e. The van der Waals surface area contributed by atoms with Crippen molar-refractivity contribution in [3.63, 3.8) is 0 Å². The van der Waals surface area contributed by atoms with Gasteiger partial charge in [0, 0.05) is 88.3 Å². The number of aryl methyl sites for hydroxylation is 1. The molecule has 1 spiro atoms. The first-order chi connectivity index (χ1) is 29.4. The smallest absolute Gasteiger partial charge is 0.294 e. The molecule has 61 heavy (non-hydrogen) atoms. The molecular formula is C43H51ClN12O5. The largest absolute Gasteiger partial charge is 0.478 e.